The largest absolute Gasteiger partial charge is 0.417 e. The molecule has 3 fully saturated rings. The third kappa shape index (κ3) is 5.48. The van der Waals surface area contributed by atoms with Crippen LogP contribution in [0.3, 0.4) is 0 Å². The summed E-state index contributed by atoms with van der Waals surface area (Å²) in [5, 5.41) is 5.96. The molecule has 216 valence electrons. The zero-order valence-electron chi connectivity index (χ0n) is 21.8. The van der Waals surface area contributed by atoms with Gasteiger partial charge in [-0.25, -0.2) is 14.4 Å². The monoisotopic (exact) mass is 573 g/mol. The minimum atomic E-state index is -4.94. The number of amides is 1. The molecule has 0 radical (unpaired) electrons. The van der Waals surface area contributed by atoms with Crippen molar-refractivity contribution in [3.8, 4) is 11.1 Å². The third-order valence-corrected chi connectivity index (χ3v) is 7.75. The molecule has 14 heteroatoms. The van der Waals surface area contributed by atoms with Crippen molar-refractivity contribution in [2.45, 2.75) is 18.6 Å². The lowest BCUT2D eigenvalue weighted by Gasteiger charge is -2.26. The third-order valence-electron chi connectivity index (χ3n) is 7.75. The number of fused-ring (bicyclic) bond motifs is 1. The highest BCUT2D eigenvalue weighted by atomic mass is 19.4. The molecule has 6 rings (SSSR count). The molecule has 1 aromatic carbocycles. The van der Waals surface area contributed by atoms with Crippen molar-refractivity contribution in [1.29, 1.82) is 0 Å². The fourth-order valence-corrected chi connectivity index (χ4v) is 5.66. The van der Waals surface area contributed by atoms with Gasteiger partial charge in [0.05, 0.1) is 35.7 Å². The standard InChI is InChI=1S/C27H27F4N7O3/c28-20-9-23(38-13-15-1-2-32-22(15)14-38)21(36-25(40)18-12-33-24(39)8-19(18)27(29,30)31)7-17(20)16-10-34-26(35-11-16)37-3-5-41-6-4-37/h7-12,15,22,32H,1-6,13-14H2,(H,33,39)(H,36,40). The number of hydrogen-bond acceptors (Lipinski definition) is 8. The Kier molecular flexibility index (Phi) is 7.11. The van der Waals surface area contributed by atoms with Crippen LogP contribution in [0.1, 0.15) is 22.3 Å². The fourth-order valence-electron chi connectivity index (χ4n) is 5.66. The van der Waals surface area contributed by atoms with E-state index in [9.17, 15) is 22.8 Å². The maximum atomic E-state index is 15.6. The lowest BCUT2D eigenvalue weighted by Crippen LogP contribution is -2.37. The molecule has 41 heavy (non-hydrogen) atoms. The second-order valence-electron chi connectivity index (χ2n) is 10.3. The number of halogens is 4. The van der Waals surface area contributed by atoms with Gasteiger partial charge in [0.1, 0.15) is 5.82 Å². The first kappa shape index (κ1) is 27.1. The normalized spacial score (nSPS) is 20.8. The predicted octanol–water partition coefficient (Wildman–Crippen LogP) is 2.88. The topological polar surface area (TPSA) is 115 Å². The molecule has 2 unspecified atom stereocenters. The number of carbonyl (C=O) groups is 1. The maximum absolute atomic E-state index is 15.6. The number of alkyl halides is 3. The SMILES string of the molecule is O=C(Nc1cc(-c2cnc(N3CCOCC3)nc2)c(F)cc1N1CC2CCNC2C1)c1c[nH]c(=O)cc1C(F)(F)F. The zero-order valence-corrected chi connectivity index (χ0v) is 21.8. The lowest BCUT2D eigenvalue weighted by atomic mass is 10.0. The molecule has 3 saturated heterocycles. The van der Waals surface area contributed by atoms with Gasteiger partial charge < -0.3 is 30.2 Å². The van der Waals surface area contributed by atoms with E-state index in [1.807, 2.05) is 9.80 Å². The summed E-state index contributed by atoms with van der Waals surface area (Å²) in [6, 6.07) is 3.20. The van der Waals surface area contributed by atoms with E-state index in [4.69, 9.17) is 4.74 Å². The summed E-state index contributed by atoms with van der Waals surface area (Å²) in [5.74, 6) is -0.885. The van der Waals surface area contributed by atoms with Crippen molar-refractivity contribution in [3.05, 3.63) is 64.1 Å². The van der Waals surface area contributed by atoms with Crippen LogP contribution in [0.5, 0.6) is 0 Å². The Hall–Kier alpha value is -4.04. The van der Waals surface area contributed by atoms with E-state index in [0.717, 1.165) is 19.2 Å². The number of nitrogens with zero attached hydrogens (tertiary/aromatic N) is 4. The van der Waals surface area contributed by atoms with Gasteiger partial charge in [-0.05, 0) is 31.0 Å². The molecule has 3 aliphatic heterocycles. The first-order valence-corrected chi connectivity index (χ1v) is 13.3. The molecular weight excluding hydrogens is 546 g/mol. The molecule has 2 atom stereocenters. The minimum Gasteiger partial charge on any atom is -0.378 e. The van der Waals surface area contributed by atoms with Crippen molar-refractivity contribution < 1.29 is 27.1 Å². The Morgan fingerprint density at radius 3 is 2.54 bits per heavy atom. The highest BCUT2D eigenvalue weighted by molar-refractivity contribution is 6.07. The van der Waals surface area contributed by atoms with Crippen molar-refractivity contribution in [2.75, 3.05) is 61.1 Å². The van der Waals surface area contributed by atoms with Crippen LogP contribution < -0.4 is 26.0 Å². The number of aromatic nitrogens is 3. The average molecular weight is 574 g/mol. The van der Waals surface area contributed by atoms with E-state index < -0.39 is 34.6 Å². The number of carbonyl (C=O) groups excluding carboxylic acids is 1. The summed E-state index contributed by atoms with van der Waals surface area (Å²) in [6.07, 6.45) is -0.324. The number of H-pyrrole nitrogens is 1. The zero-order chi connectivity index (χ0) is 28.7. The van der Waals surface area contributed by atoms with Crippen LogP contribution >= 0.6 is 0 Å². The van der Waals surface area contributed by atoms with Crippen molar-refractivity contribution in [1.82, 2.24) is 20.3 Å². The summed E-state index contributed by atoms with van der Waals surface area (Å²) >= 11 is 0. The van der Waals surface area contributed by atoms with Crippen LogP contribution in [0, 0.1) is 11.7 Å². The molecule has 1 amide bonds. The van der Waals surface area contributed by atoms with Gasteiger partial charge in [-0.2, -0.15) is 13.2 Å². The maximum Gasteiger partial charge on any atom is 0.417 e. The van der Waals surface area contributed by atoms with Gasteiger partial charge in [-0.3, -0.25) is 9.59 Å². The molecule has 2 aromatic heterocycles. The first-order valence-electron chi connectivity index (χ1n) is 13.3. The van der Waals surface area contributed by atoms with E-state index in [1.54, 1.807) is 0 Å². The van der Waals surface area contributed by atoms with Crippen LogP contribution in [0.4, 0.5) is 34.9 Å². The highest BCUT2D eigenvalue weighted by Gasteiger charge is 2.38. The summed E-state index contributed by atoms with van der Waals surface area (Å²) in [6.45, 7) is 4.37. The van der Waals surface area contributed by atoms with Crippen LogP contribution in [0.15, 0.2) is 41.6 Å². The fraction of sp³-hybridized carbons (Fsp3) is 0.407. The van der Waals surface area contributed by atoms with Gasteiger partial charge in [0.2, 0.25) is 11.5 Å². The van der Waals surface area contributed by atoms with Crippen molar-refractivity contribution in [3.63, 3.8) is 0 Å². The number of pyridine rings is 1. The van der Waals surface area contributed by atoms with Gasteiger partial charge in [0, 0.05) is 68.0 Å². The van der Waals surface area contributed by atoms with E-state index >= 15 is 4.39 Å². The number of morpholine rings is 1. The molecule has 3 N–H and O–H groups in total. The van der Waals surface area contributed by atoms with E-state index in [0.29, 0.717) is 68.6 Å². The molecule has 0 aliphatic carbocycles. The lowest BCUT2D eigenvalue weighted by molar-refractivity contribution is -0.138. The Labute approximate surface area is 231 Å². The molecule has 0 bridgehead atoms. The Morgan fingerprint density at radius 1 is 1.07 bits per heavy atom. The number of benzene rings is 1. The molecular formula is C27H27F4N7O3. The average Bonchev–Trinajstić information content (AvgIpc) is 3.57. The molecule has 10 nitrogen and oxygen atoms in total. The number of aromatic amines is 1. The summed E-state index contributed by atoms with van der Waals surface area (Å²) < 4.78 is 62.0. The minimum absolute atomic E-state index is 0.0765. The van der Waals surface area contributed by atoms with Crippen LogP contribution in [-0.2, 0) is 10.9 Å². The molecule has 3 aromatic rings. The second kappa shape index (κ2) is 10.7. The second-order valence-corrected chi connectivity index (χ2v) is 10.3. The van der Waals surface area contributed by atoms with Crippen molar-refractivity contribution in [2.24, 2.45) is 5.92 Å². The first-order chi connectivity index (χ1) is 19.7. The quantitative estimate of drug-likeness (QED) is 0.400. The van der Waals surface area contributed by atoms with Crippen LogP contribution in [0.2, 0.25) is 0 Å². The van der Waals surface area contributed by atoms with Gasteiger partial charge in [0.25, 0.3) is 5.91 Å². The summed E-state index contributed by atoms with van der Waals surface area (Å²) in [7, 11) is 0. The number of anilines is 3. The highest BCUT2D eigenvalue weighted by Crippen LogP contribution is 2.39. The molecule has 0 saturated carbocycles. The summed E-state index contributed by atoms with van der Waals surface area (Å²) in [5.41, 5.74) is -2.23. The predicted molar refractivity (Wildman–Crippen MR) is 143 cm³/mol. The van der Waals surface area contributed by atoms with Gasteiger partial charge in [-0.1, -0.05) is 0 Å². The number of nitrogens with one attached hydrogen (secondary N) is 3. The van der Waals surface area contributed by atoms with Crippen LogP contribution in [-0.4, -0.2) is 72.8 Å². The van der Waals surface area contributed by atoms with E-state index in [1.165, 1.54) is 24.5 Å². The van der Waals surface area contributed by atoms with Gasteiger partial charge in [0.15, 0.2) is 0 Å². The van der Waals surface area contributed by atoms with Crippen molar-refractivity contribution >= 4 is 23.2 Å². The Bertz CT molecular complexity index is 1490. The smallest absolute Gasteiger partial charge is 0.378 e. The number of hydrogen-bond donors (Lipinski definition) is 3. The van der Waals surface area contributed by atoms with Crippen LogP contribution in [0.25, 0.3) is 11.1 Å². The number of rotatable bonds is 5. The van der Waals surface area contributed by atoms with Gasteiger partial charge in [-0.15, -0.1) is 0 Å². The Balaban J connectivity index is 1.36. The van der Waals surface area contributed by atoms with E-state index in [2.05, 4.69) is 25.6 Å². The molecule has 0 spiro atoms. The van der Waals surface area contributed by atoms with E-state index in [-0.39, 0.29) is 17.3 Å². The molecule has 5 heterocycles. The van der Waals surface area contributed by atoms with Gasteiger partial charge >= 0.3 is 6.18 Å². The Morgan fingerprint density at radius 2 is 1.83 bits per heavy atom. The summed E-state index contributed by atoms with van der Waals surface area (Å²) in [4.78, 5) is 39.5. The number of ether oxygens (including phenoxy) is 1. The molecule has 3 aliphatic rings.